The Morgan fingerprint density at radius 2 is 2.12 bits per heavy atom. The summed E-state index contributed by atoms with van der Waals surface area (Å²) in [5, 5.41) is 4.83. The fraction of sp³-hybridized carbons (Fsp3) is 0.286. The number of pyridine rings is 1. The maximum atomic E-state index is 12.5. The lowest BCUT2D eigenvalue weighted by Gasteiger charge is -2.09. The predicted molar refractivity (Wildman–Crippen MR) is 54.8 cm³/mol. The summed E-state index contributed by atoms with van der Waals surface area (Å²) >= 11 is 2.81. The van der Waals surface area contributed by atoms with Crippen LogP contribution in [0.4, 0.5) is 8.78 Å². The van der Waals surface area contributed by atoms with Gasteiger partial charge in [-0.3, -0.25) is 0 Å². The van der Waals surface area contributed by atoms with Crippen molar-refractivity contribution >= 4 is 26.0 Å². The van der Waals surface area contributed by atoms with Crippen molar-refractivity contribution in [2.24, 2.45) is 5.14 Å². The van der Waals surface area contributed by atoms with E-state index < -0.39 is 26.9 Å². The molecule has 0 amide bonds. The minimum absolute atomic E-state index is 0.170. The Kier molecular flexibility index (Phi) is 3.81. The number of nitrogens with two attached hydrogens (primary N) is 1. The Labute approximate surface area is 98.8 Å². The third-order valence-corrected chi connectivity index (χ3v) is 3.46. The van der Waals surface area contributed by atoms with E-state index in [4.69, 9.17) is 5.14 Å². The molecule has 16 heavy (non-hydrogen) atoms. The third kappa shape index (κ3) is 2.66. The van der Waals surface area contributed by atoms with Crippen molar-refractivity contribution in [2.75, 3.05) is 7.11 Å². The van der Waals surface area contributed by atoms with E-state index in [1.165, 1.54) is 0 Å². The minimum atomic E-state index is -4.11. The number of methoxy groups -OCH3 is 1. The molecule has 0 spiro atoms. The molecule has 9 heteroatoms. The molecule has 0 aliphatic carbocycles. The van der Waals surface area contributed by atoms with Crippen molar-refractivity contribution in [1.82, 2.24) is 4.98 Å². The molecule has 0 aliphatic heterocycles. The average molecular weight is 317 g/mol. The van der Waals surface area contributed by atoms with Gasteiger partial charge in [0.15, 0.2) is 0 Å². The first-order valence-corrected chi connectivity index (χ1v) is 6.16. The molecule has 1 aromatic heterocycles. The first kappa shape index (κ1) is 13.3. The second-order valence-electron chi connectivity index (χ2n) is 2.72. The number of aromatic nitrogens is 1. The van der Waals surface area contributed by atoms with E-state index in [0.717, 1.165) is 13.2 Å². The van der Waals surface area contributed by atoms with E-state index in [2.05, 4.69) is 25.7 Å². The second kappa shape index (κ2) is 4.60. The van der Waals surface area contributed by atoms with Gasteiger partial charge >= 0.3 is 0 Å². The van der Waals surface area contributed by atoms with Gasteiger partial charge in [-0.05, 0) is 22.0 Å². The Morgan fingerprint density at radius 1 is 1.56 bits per heavy atom. The van der Waals surface area contributed by atoms with Crippen LogP contribution in [-0.2, 0) is 10.0 Å². The summed E-state index contributed by atoms with van der Waals surface area (Å²) in [5.41, 5.74) is -0.630. The third-order valence-electron chi connectivity index (χ3n) is 1.67. The van der Waals surface area contributed by atoms with Crippen LogP contribution in [0.25, 0.3) is 0 Å². The van der Waals surface area contributed by atoms with Crippen LogP contribution in [0.3, 0.4) is 0 Å². The number of alkyl halides is 2. The molecule has 1 aromatic rings. The van der Waals surface area contributed by atoms with Crippen LogP contribution in [0, 0.1) is 0 Å². The van der Waals surface area contributed by atoms with Gasteiger partial charge in [0, 0.05) is 0 Å². The number of ether oxygens (including phenoxy) is 1. The molecule has 5 nitrogen and oxygen atoms in total. The topological polar surface area (TPSA) is 82.3 Å². The normalized spacial score (nSPS) is 11.9. The smallest absolute Gasteiger partial charge is 0.269 e. The van der Waals surface area contributed by atoms with Crippen LogP contribution in [-0.4, -0.2) is 20.5 Å². The number of hydrogen-bond donors (Lipinski definition) is 1. The Balaban J connectivity index is 3.52. The van der Waals surface area contributed by atoms with Crippen LogP contribution < -0.4 is 9.88 Å². The first-order chi connectivity index (χ1) is 7.27. The molecule has 0 radical (unpaired) electrons. The maximum Gasteiger partial charge on any atom is 0.269 e. The lowest BCUT2D eigenvalue weighted by Crippen LogP contribution is -2.14. The highest BCUT2D eigenvalue weighted by Crippen LogP contribution is 2.32. The predicted octanol–water partition coefficient (Wildman–Crippen LogP) is 1.44. The lowest BCUT2D eigenvalue weighted by atomic mass is 10.3. The monoisotopic (exact) mass is 316 g/mol. The summed E-state index contributed by atoms with van der Waals surface area (Å²) in [6.07, 6.45) is -2.91. The van der Waals surface area contributed by atoms with Gasteiger partial charge in [0.05, 0.1) is 12.7 Å². The van der Waals surface area contributed by atoms with Crippen LogP contribution in [0.5, 0.6) is 5.88 Å². The van der Waals surface area contributed by atoms with E-state index in [-0.39, 0.29) is 10.5 Å². The van der Waals surface area contributed by atoms with Crippen molar-refractivity contribution < 1.29 is 21.9 Å². The van der Waals surface area contributed by atoms with E-state index in [1.54, 1.807) is 0 Å². The zero-order valence-corrected chi connectivity index (χ0v) is 10.3. The van der Waals surface area contributed by atoms with E-state index >= 15 is 0 Å². The molecular formula is C7H7BrF2N2O3S. The zero-order valence-electron chi connectivity index (χ0n) is 7.95. The molecule has 90 valence electrons. The standard InChI is InChI=1S/C7H7BrF2N2O3S/c1-15-7-3(6(9)10)2-4(5(8)12-7)16(11,13)14/h2,6H,1H3,(H2,11,13,14). The molecular weight excluding hydrogens is 310 g/mol. The number of rotatable bonds is 3. The van der Waals surface area contributed by atoms with E-state index in [9.17, 15) is 17.2 Å². The molecule has 1 rings (SSSR count). The summed E-state index contributed by atoms with van der Waals surface area (Å²) < 4.78 is 51.6. The van der Waals surface area contributed by atoms with Gasteiger partial charge in [-0.25, -0.2) is 27.3 Å². The second-order valence-corrected chi connectivity index (χ2v) is 5.00. The molecule has 0 aromatic carbocycles. The average Bonchev–Trinajstić information content (AvgIpc) is 2.14. The van der Waals surface area contributed by atoms with Crippen LogP contribution in [0.1, 0.15) is 12.0 Å². The quantitative estimate of drug-likeness (QED) is 0.855. The zero-order chi connectivity index (χ0) is 12.5. The Hall–Kier alpha value is -0.800. The molecule has 0 atom stereocenters. The van der Waals surface area contributed by atoms with Gasteiger partial charge < -0.3 is 4.74 Å². The van der Waals surface area contributed by atoms with E-state index in [0.29, 0.717) is 0 Å². The Bertz CT molecular complexity index is 507. The highest BCUT2D eigenvalue weighted by molar-refractivity contribution is 9.10. The maximum absolute atomic E-state index is 12.5. The fourth-order valence-corrected chi connectivity index (χ4v) is 2.51. The molecule has 0 saturated heterocycles. The lowest BCUT2D eigenvalue weighted by molar-refractivity contribution is 0.145. The first-order valence-electron chi connectivity index (χ1n) is 3.82. The Morgan fingerprint density at radius 3 is 2.50 bits per heavy atom. The SMILES string of the molecule is COc1nc(Br)c(S(N)(=O)=O)cc1C(F)F. The van der Waals surface area contributed by atoms with Gasteiger partial charge in [0.2, 0.25) is 15.9 Å². The molecule has 0 saturated carbocycles. The number of primary sulfonamides is 1. The van der Waals surface area contributed by atoms with Crippen molar-refractivity contribution in [2.45, 2.75) is 11.3 Å². The molecule has 0 bridgehead atoms. The van der Waals surface area contributed by atoms with Gasteiger partial charge in [0.1, 0.15) is 9.50 Å². The van der Waals surface area contributed by atoms with Gasteiger partial charge in [-0.1, -0.05) is 0 Å². The minimum Gasteiger partial charge on any atom is -0.481 e. The van der Waals surface area contributed by atoms with E-state index in [1.807, 2.05) is 0 Å². The summed E-state index contributed by atoms with van der Waals surface area (Å²) in [6, 6.07) is 0.732. The number of hydrogen-bond acceptors (Lipinski definition) is 4. The number of halogens is 3. The van der Waals surface area contributed by atoms with Crippen molar-refractivity contribution in [3.05, 3.63) is 16.2 Å². The van der Waals surface area contributed by atoms with Crippen LogP contribution in [0.15, 0.2) is 15.6 Å². The van der Waals surface area contributed by atoms with Crippen LogP contribution >= 0.6 is 15.9 Å². The fourth-order valence-electron chi connectivity index (χ4n) is 0.991. The number of sulfonamides is 1. The summed E-state index contributed by atoms with van der Waals surface area (Å²) in [5.74, 6) is -0.353. The highest BCUT2D eigenvalue weighted by atomic mass is 79.9. The van der Waals surface area contributed by atoms with Crippen molar-refractivity contribution in [3.63, 3.8) is 0 Å². The molecule has 1 heterocycles. The summed E-state index contributed by atoms with van der Waals surface area (Å²) in [4.78, 5) is 3.02. The number of nitrogens with zero attached hydrogens (tertiary/aromatic N) is 1. The molecule has 0 unspecified atom stereocenters. The van der Waals surface area contributed by atoms with Gasteiger partial charge in [-0.15, -0.1) is 0 Å². The van der Waals surface area contributed by atoms with Gasteiger partial charge in [-0.2, -0.15) is 0 Å². The van der Waals surface area contributed by atoms with Crippen molar-refractivity contribution in [1.29, 1.82) is 0 Å². The molecule has 0 fully saturated rings. The van der Waals surface area contributed by atoms with Crippen LogP contribution in [0.2, 0.25) is 0 Å². The molecule has 0 aliphatic rings. The molecule has 2 N–H and O–H groups in total. The van der Waals surface area contributed by atoms with Crippen molar-refractivity contribution in [3.8, 4) is 5.88 Å². The largest absolute Gasteiger partial charge is 0.481 e. The van der Waals surface area contributed by atoms with Gasteiger partial charge in [0.25, 0.3) is 6.43 Å². The summed E-state index contributed by atoms with van der Waals surface area (Å²) in [6.45, 7) is 0. The summed E-state index contributed by atoms with van der Waals surface area (Å²) in [7, 11) is -2.96. The highest BCUT2D eigenvalue weighted by Gasteiger charge is 2.22.